The summed E-state index contributed by atoms with van der Waals surface area (Å²) in [6.07, 6.45) is 1.37. The summed E-state index contributed by atoms with van der Waals surface area (Å²) < 4.78 is 27.4. The van der Waals surface area contributed by atoms with Crippen LogP contribution in [-0.4, -0.2) is 21.3 Å². The molecule has 1 unspecified atom stereocenters. The molecule has 2 N–H and O–H groups in total. The molecule has 1 atom stereocenters. The average molecular weight is 398 g/mol. The van der Waals surface area contributed by atoms with Gasteiger partial charge in [-0.25, -0.2) is 4.79 Å². The minimum atomic E-state index is -0.842. The third-order valence-electron chi connectivity index (χ3n) is 4.73. The van der Waals surface area contributed by atoms with E-state index in [1.54, 1.807) is 18.2 Å². The summed E-state index contributed by atoms with van der Waals surface area (Å²) in [4.78, 5) is 12.9. The first-order chi connectivity index (χ1) is 14.0. The molecule has 1 aromatic carbocycles. The number of rotatable bonds is 6. The van der Waals surface area contributed by atoms with Crippen LogP contribution >= 0.6 is 0 Å². The minimum absolute atomic E-state index is 0.0742. The van der Waals surface area contributed by atoms with Crippen molar-refractivity contribution >= 4 is 0 Å². The van der Waals surface area contributed by atoms with Crippen molar-refractivity contribution < 1.29 is 23.4 Å². The zero-order valence-corrected chi connectivity index (χ0v) is 16.7. The van der Waals surface area contributed by atoms with Gasteiger partial charge in [-0.1, -0.05) is 13.0 Å². The summed E-state index contributed by atoms with van der Waals surface area (Å²) in [6.45, 7) is 1.97. The molecule has 1 aromatic heterocycles. The van der Waals surface area contributed by atoms with E-state index in [2.05, 4.69) is 0 Å². The van der Waals surface area contributed by atoms with Gasteiger partial charge in [0.2, 0.25) is 11.6 Å². The highest BCUT2D eigenvalue weighted by Crippen LogP contribution is 2.48. The van der Waals surface area contributed by atoms with Gasteiger partial charge >= 0.3 is 5.63 Å². The maximum Gasteiger partial charge on any atom is 0.343 e. The van der Waals surface area contributed by atoms with E-state index in [0.29, 0.717) is 35.0 Å². The maximum atomic E-state index is 12.9. The Morgan fingerprint density at radius 3 is 2.48 bits per heavy atom. The number of allylic oxidation sites excluding steroid dienone is 1. The van der Waals surface area contributed by atoms with Crippen molar-refractivity contribution in [3.63, 3.8) is 0 Å². The fourth-order valence-electron chi connectivity index (χ4n) is 3.48. The van der Waals surface area contributed by atoms with Gasteiger partial charge in [0, 0.05) is 18.1 Å². The number of nitriles is 1. The fourth-order valence-corrected chi connectivity index (χ4v) is 3.48. The van der Waals surface area contributed by atoms with E-state index in [1.165, 1.54) is 21.3 Å². The molecular formula is C21H22N2O6. The van der Waals surface area contributed by atoms with Crippen LogP contribution < -0.4 is 30.3 Å². The molecule has 0 radical (unpaired) electrons. The molecule has 0 fully saturated rings. The van der Waals surface area contributed by atoms with Crippen molar-refractivity contribution in [3.05, 3.63) is 57.0 Å². The van der Waals surface area contributed by atoms with Gasteiger partial charge in [-0.2, -0.15) is 5.26 Å². The van der Waals surface area contributed by atoms with Gasteiger partial charge in [-0.3, -0.25) is 0 Å². The molecule has 152 valence electrons. The molecule has 0 saturated heterocycles. The van der Waals surface area contributed by atoms with E-state index in [0.717, 1.165) is 6.42 Å². The van der Waals surface area contributed by atoms with Crippen molar-refractivity contribution in [3.8, 4) is 29.1 Å². The lowest BCUT2D eigenvalue weighted by Crippen LogP contribution is -2.27. The number of aryl methyl sites for hydroxylation is 1. The van der Waals surface area contributed by atoms with Gasteiger partial charge in [-0.05, 0) is 12.5 Å². The van der Waals surface area contributed by atoms with Crippen LogP contribution in [0.5, 0.6) is 23.0 Å². The molecule has 8 heteroatoms. The van der Waals surface area contributed by atoms with Gasteiger partial charge in [0.1, 0.15) is 23.2 Å². The lowest BCUT2D eigenvalue weighted by atomic mass is 9.83. The van der Waals surface area contributed by atoms with E-state index in [1.807, 2.05) is 13.0 Å². The van der Waals surface area contributed by atoms with Crippen LogP contribution in [0.1, 0.15) is 36.1 Å². The number of hydrogen-bond donors (Lipinski definition) is 1. The highest BCUT2D eigenvalue weighted by atomic mass is 16.5. The Bertz CT molecular complexity index is 1060. The highest BCUT2D eigenvalue weighted by molar-refractivity contribution is 5.63. The summed E-state index contributed by atoms with van der Waals surface area (Å²) in [6, 6.07) is 7.06. The van der Waals surface area contributed by atoms with Crippen molar-refractivity contribution in [2.45, 2.75) is 25.7 Å². The number of benzene rings is 1. The van der Waals surface area contributed by atoms with E-state index in [9.17, 15) is 10.1 Å². The predicted octanol–water partition coefficient (Wildman–Crippen LogP) is 2.84. The minimum Gasteiger partial charge on any atom is -0.493 e. The number of ether oxygens (including phenoxy) is 4. The maximum absolute atomic E-state index is 12.9. The monoisotopic (exact) mass is 398 g/mol. The normalized spacial score (nSPS) is 15.2. The molecule has 29 heavy (non-hydrogen) atoms. The molecule has 0 aliphatic carbocycles. The molecule has 0 spiro atoms. The van der Waals surface area contributed by atoms with Crippen molar-refractivity contribution in [1.29, 1.82) is 5.26 Å². The van der Waals surface area contributed by atoms with Gasteiger partial charge in [0.05, 0.1) is 32.8 Å². The number of methoxy groups -OCH3 is 3. The number of nitrogens with zero attached hydrogens (tertiary/aromatic N) is 1. The van der Waals surface area contributed by atoms with E-state index >= 15 is 0 Å². The lowest BCUT2D eigenvalue weighted by Gasteiger charge is -2.27. The molecule has 1 aliphatic heterocycles. The smallest absolute Gasteiger partial charge is 0.343 e. The van der Waals surface area contributed by atoms with Crippen LogP contribution in [0.2, 0.25) is 0 Å². The predicted molar refractivity (Wildman–Crippen MR) is 104 cm³/mol. The van der Waals surface area contributed by atoms with E-state index in [4.69, 9.17) is 29.1 Å². The Hall–Kier alpha value is -3.60. The van der Waals surface area contributed by atoms with Crippen LogP contribution in [0.3, 0.4) is 0 Å². The number of fused-ring (bicyclic) bond motifs is 1. The van der Waals surface area contributed by atoms with Gasteiger partial charge < -0.3 is 29.1 Å². The molecule has 3 rings (SSSR count). The third-order valence-corrected chi connectivity index (χ3v) is 4.73. The van der Waals surface area contributed by atoms with Crippen molar-refractivity contribution in [2.24, 2.45) is 5.73 Å². The second-order valence-electron chi connectivity index (χ2n) is 6.38. The highest BCUT2D eigenvalue weighted by Gasteiger charge is 2.37. The molecule has 1 aliphatic rings. The fraction of sp³-hybridized carbons (Fsp3) is 0.333. The topological polar surface area (TPSA) is 117 Å². The van der Waals surface area contributed by atoms with Crippen LogP contribution in [0.25, 0.3) is 0 Å². The van der Waals surface area contributed by atoms with Crippen molar-refractivity contribution in [2.75, 3.05) is 21.3 Å². The molecule has 2 heterocycles. The lowest BCUT2D eigenvalue weighted by molar-refractivity contribution is 0.320. The van der Waals surface area contributed by atoms with Crippen LogP contribution in [-0.2, 0) is 6.42 Å². The molecule has 2 aromatic rings. The largest absolute Gasteiger partial charge is 0.493 e. The Kier molecular flexibility index (Phi) is 5.69. The Balaban J connectivity index is 2.33. The summed E-state index contributed by atoms with van der Waals surface area (Å²) in [5, 5.41) is 9.74. The van der Waals surface area contributed by atoms with Gasteiger partial charge in [0.15, 0.2) is 11.5 Å². The second kappa shape index (κ2) is 8.19. The summed E-state index contributed by atoms with van der Waals surface area (Å²) in [5.74, 6) is 0.942. The molecule has 8 nitrogen and oxygen atoms in total. The van der Waals surface area contributed by atoms with E-state index in [-0.39, 0.29) is 22.8 Å². The second-order valence-corrected chi connectivity index (χ2v) is 6.38. The molecule has 0 bridgehead atoms. The van der Waals surface area contributed by atoms with Gasteiger partial charge in [-0.15, -0.1) is 0 Å². The van der Waals surface area contributed by atoms with Crippen LogP contribution in [0.4, 0.5) is 0 Å². The van der Waals surface area contributed by atoms with Crippen molar-refractivity contribution in [1.82, 2.24) is 0 Å². The SMILES string of the molecule is CCCc1cc2c(c(=O)o1)C(c1ccc(OC)c(OC)c1OC)C(C#N)=C(N)O2. The Morgan fingerprint density at radius 2 is 1.90 bits per heavy atom. The van der Waals surface area contributed by atoms with Gasteiger partial charge in [0.25, 0.3) is 0 Å². The standard InChI is InChI=1S/C21H22N2O6/c1-5-6-11-9-15-17(21(24)28-11)16(13(10-22)20(23)29-15)12-7-8-14(25-2)19(27-4)18(12)26-3/h7-9,16H,5-6,23H2,1-4H3. The third kappa shape index (κ3) is 3.36. The average Bonchev–Trinajstić information content (AvgIpc) is 2.71. The molecule has 0 saturated carbocycles. The zero-order valence-electron chi connectivity index (χ0n) is 16.7. The first-order valence-corrected chi connectivity index (χ1v) is 9.03. The van der Waals surface area contributed by atoms with E-state index < -0.39 is 11.5 Å². The number of hydrogen-bond acceptors (Lipinski definition) is 8. The summed E-state index contributed by atoms with van der Waals surface area (Å²) in [7, 11) is 4.44. The molecule has 0 amide bonds. The zero-order chi connectivity index (χ0) is 21.1. The quantitative estimate of drug-likeness (QED) is 0.789. The first-order valence-electron chi connectivity index (χ1n) is 9.03. The summed E-state index contributed by atoms with van der Waals surface area (Å²) >= 11 is 0. The number of nitrogens with two attached hydrogens (primary N) is 1. The van der Waals surface area contributed by atoms with Crippen LogP contribution in [0.15, 0.2) is 38.9 Å². The molecular weight excluding hydrogens is 376 g/mol. The Morgan fingerprint density at radius 1 is 1.17 bits per heavy atom. The Labute approximate surface area is 168 Å². The van der Waals surface area contributed by atoms with Crippen LogP contribution in [0, 0.1) is 11.3 Å². The first kappa shape index (κ1) is 20.1. The summed E-state index contributed by atoms with van der Waals surface area (Å²) in [5.41, 5.74) is 6.21.